The highest BCUT2D eigenvalue weighted by molar-refractivity contribution is 5.93. The van der Waals surface area contributed by atoms with E-state index >= 15 is 0 Å². The molecule has 1 N–H and O–H groups in total. The van der Waals surface area contributed by atoms with Gasteiger partial charge in [0.25, 0.3) is 0 Å². The molecule has 0 radical (unpaired) electrons. The molecule has 2 aliphatic rings. The van der Waals surface area contributed by atoms with Crippen molar-refractivity contribution < 1.29 is 18.6 Å². The van der Waals surface area contributed by atoms with Gasteiger partial charge in [0, 0.05) is 31.1 Å². The van der Waals surface area contributed by atoms with Gasteiger partial charge in [0.15, 0.2) is 11.5 Å². The lowest BCUT2D eigenvalue weighted by Crippen LogP contribution is -2.45. The fourth-order valence-corrected chi connectivity index (χ4v) is 3.80. The highest BCUT2D eigenvalue weighted by Crippen LogP contribution is 2.38. The van der Waals surface area contributed by atoms with Crippen LogP contribution < -0.4 is 14.8 Å². The van der Waals surface area contributed by atoms with Crippen LogP contribution in [0.25, 0.3) is 10.9 Å². The number of ether oxygens (including phenoxy) is 3. The molecule has 0 amide bonds. The van der Waals surface area contributed by atoms with Crippen molar-refractivity contribution in [1.82, 2.24) is 14.9 Å². The summed E-state index contributed by atoms with van der Waals surface area (Å²) in [6.07, 6.45) is 1.41. The third-order valence-electron chi connectivity index (χ3n) is 5.43. The second-order valence-electron chi connectivity index (χ2n) is 7.56. The van der Waals surface area contributed by atoms with E-state index < -0.39 is 0 Å². The summed E-state index contributed by atoms with van der Waals surface area (Å²) in [4.78, 5) is 11.0. The number of aryl methyl sites for hydroxylation is 1. The van der Waals surface area contributed by atoms with Gasteiger partial charge >= 0.3 is 0 Å². The molecule has 0 bridgehead atoms. The molecule has 1 aromatic heterocycles. The number of halogens is 1. The van der Waals surface area contributed by atoms with E-state index in [2.05, 4.69) is 20.2 Å². The van der Waals surface area contributed by atoms with Gasteiger partial charge in [-0.05, 0) is 24.6 Å². The van der Waals surface area contributed by atoms with Gasteiger partial charge in [-0.3, -0.25) is 4.90 Å². The summed E-state index contributed by atoms with van der Waals surface area (Å²) in [6.45, 7) is 6.31. The van der Waals surface area contributed by atoms with Gasteiger partial charge in [-0.25, -0.2) is 14.4 Å². The Balaban J connectivity index is 1.40. The predicted octanol–water partition coefficient (Wildman–Crippen LogP) is 3.29. The van der Waals surface area contributed by atoms with Gasteiger partial charge in [0.1, 0.15) is 30.7 Å². The van der Waals surface area contributed by atoms with E-state index in [9.17, 15) is 4.39 Å². The van der Waals surface area contributed by atoms with Crippen LogP contribution in [0.3, 0.4) is 0 Å². The molecule has 1 atom stereocenters. The first-order chi connectivity index (χ1) is 14.7. The molecule has 1 saturated heterocycles. The zero-order valence-corrected chi connectivity index (χ0v) is 16.7. The van der Waals surface area contributed by atoms with Crippen LogP contribution in [0.1, 0.15) is 5.56 Å². The van der Waals surface area contributed by atoms with Gasteiger partial charge in [0.2, 0.25) is 0 Å². The third-order valence-corrected chi connectivity index (χ3v) is 5.43. The number of nitrogens with zero attached hydrogens (tertiary/aromatic N) is 3. The quantitative estimate of drug-likeness (QED) is 0.708. The first-order valence-electron chi connectivity index (χ1n) is 10.1. The molecule has 30 heavy (non-hydrogen) atoms. The summed E-state index contributed by atoms with van der Waals surface area (Å²) >= 11 is 0. The highest BCUT2D eigenvalue weighted by Gasteiger charge is 2.25. The standard InChI is InChI=1S/C22H23FN4O3/c1-14-3-2-4-17(21(14)23)26-22-16-9-19-20(10-18(16)24-13-25-22)30-15(12-29-19)11-27-5-7-28-8-6-27/h2-4,9-10,13,15H,5-8,11-12H2,1H3,(H,24,25,26). The summed E-state index contributed by atoms with van der Waals surface area (Å²) in [7, 11) is 0. The number of benzene rings is 2. The lowest BCUT2D eigenvalue weighted by Gasteiger charge is -2.33. The van der Waals surface area contributed by atoms with Crippen LogP contribution in [0.2, 0.25) is 0 Å². The first-order valence-corrected chi connectivity index (χ1v) is 10.1. The molecule has 2 aromatic carbocycles. The van der Waals surface area contributed by atoms with Gasteiger partial charge in [-0.15, -0.1) is 0 Å². The second-order valence-corrected chi connectivity index (χ2v) is 7.56. The van der Waals surface area contributed by atoms with Crippen molar-refractivity contribution in [1.29, 1.82) is 0 Å². The van der Waals surface area contributed by atoms with Crippen molar-refractivity contribution in [2.45, 2.75) is 13.0 Å². The zero-order valence-electron chi connectivity index (χ0n) is 16.7. The van der Waals surface area contributed by atoms with E-state index in [1.165, 1.54) is 6.33 Å². The normalized spacial score (nSPS) is 19.1. The lowest BCUT2D eigenvalue weighted by molar-refractivity contribution is 0.00322. The Kier molecular flexibility index (Phi) is 5.10. The first kappa shape index (κ1) is 19.0. The Bertz CT molecular complexity index is 1070. The zero-order chi connectivity index (χ0) is 20.5. The lowest BCUT2D eigenvalue weighted by atomic mass is 10.1. The molecule has 3 heterocycles. The summed E-state index contributed by atoms with van der Waals surface area (Å²) in [5.41, 5.74) is 1.64. The number of aromatic nitrogens is 2. The molecule has 156 valence electrons. The minimum atomic E-state index is -0.298. The van der Waals surface area contributed by atoms with Crippen molar-refractivity contribution in [2.24, 2.45) is 0 Å². The fraction of sp³-hybridized carbons (Fsp3) is 0.364. The Morgan fingerprint density at radius 1 is 1.17 bits per heavy atom. The molecule has 0 spiro atoms. The summed E-state index contributed by atoms with van der Waals surface area (Å²) in [5.74, 6) is 1.53. The molecule has 8 heteroatoms. The maximum Gasteiger partial charge on any atom is 0.164 e. The number of fused-ring (bicyclic) bond motifs is 2. The van der Waals surface area contributed by atoms with Crippen LogP contribution >= 0.6 is 0 Å². The van der Waals surface area contributed by atoms with Crippen LogP contribution in [0.4, 0.5) is 15.9 Å². The Morgan fingerprint density at radius 2 is 2.03 bits per heavy atom. The molecule has 0 aliphatic carbocycles. The smallest absolute Gasteiger partial charge is 0.164 e. The van der Waals surface area contributed by atoms with E-state index in [-0.39, 0.29) is 11.9 Å². The fourth-order valence-electron chi connectivity index (χ4n) is 3.80. The molecule has 3 aromatic rings. The maximum atomic E-state index is 14.4. The summed E-state index contributed by atoms with van der Waals surface area (Å²) < 4.78 is 32.0. The SMILES string of the molecule is Cc1cccc(Nc2ncnc3cc4c(cc23)OCC(CN2CCOCC2)O4)c1F. The third kappa shape index (κ3) is 3.76. The largest absolute Gasteiger partial charge is 0.486 e. The number of rotatable bonds is 4. The molecule has 0 saturated carbocycles. The highest BCUT2D eigenvalue weighted by atomic mass is 19.1. The van der Waals surface area contributed by atoms with Crippen LogP contribution in [0, 0.1) is 12.7 Å². The number of nitrogens with one attached hydrogen (secondary N) is 1. The number of anilines is 2. The minimum absolute atomic E-state index is 0.0473. The molecular weight excluding hydrogens is 387 g/mol. The van der Waals surface area contributed by atoms with Gasteiger partial charge in [-0.1, -0.05) is 12.1 Å². The summed E-state index contributed by atoms with van der Waals surface area (Å²) in [5, 5.41) is 3.83. The van der Waals surface area contributed by atoms with Crippen molar-refractivity contribution in [3.8, 4) is 11.5 Å². The van der Waals surface area contributed by atoms with Crippen LogP contribution in [-0.2, 0) is 4.74 Å². The predicted molar refractivity (Wildman–Crippen MR) is 111 cm³/mol. The minimum Gasteiger partial charge on any atom is -0.486 e. The average molecular weight is 410 g/mol. The van der Waals surface area contributed by atoms with Crippen molar-refractivity contribution >= 4 is 22.4 Å². The van der Waals surface area contributed by atoms with Crippen LogP contribution in [-0.4, -0.2) is 60.4 Å². The van der Waals surface area contributed by atoms with Crippen molar-refractivity contribution in [3.05, 3.63) is 48.0 Å². The molecule has 7 nitrogen and oxygen atoms in total. The molecule has 1 unspecified atom stereocenters. The molecule has 1 fully saturated rings. The summed E-state index contributed by atoms with van der Waals surface area (Å²) in [6, 6.07) is 8.93. The van der Waals surface area contributed by atoms with Crippen molar-refractivity contribution in [2.75, 3.05) is 44.8 Å². The monoisotopic (exact) mass is 410 g/mol. The topological polar surface area (TPSA) is 68.7 Å². The van der Waals surface area contributed by atoms with Crippen LogP contribution in [0.15, 0.2) is 36.7 Å². The average Bonchev–Trinajstić information content (AvgIpc) is 2.76. The Morgan fingerprint density at radius 3 is 2.90 bits per heavy atom. The Hall–Kier alpha value is -2.97. The van der Waals surface area contributed by atoms with E-state index in [0.29, 0.717) is 40.7 Å². The number of morpholine rings is 1. The second kappa shape index (κ2) is 8.04. The maximum absolute atomic E-state index is 14.4. The van der Waals surface area contributed by atoms with E-state index in [4.69, 9.17) is 14.2 Å². The van der Waals surface area contributed by atoms with Crippen LogP contribution in [0.5, 0.6) is 11.5 Å². The molecule has 2 aliphatic heterocycles. The Labute approximate surface area is 173 Å². The van der Waals surface area contributed by atoms with E-state index in [1.54, 1.807) is 25.1 Å². The van der Waals surface area contributed by atoms with Crippen molar-refractivity contribution in [3.63, 3.8) is 0 Å². The van der Waals surface area contributed by atoms with Gasteiger partial charge in [0.05, 0.1) is 24.4 Å². The number of hydrogen-bond donors (Lipinski definition) is 1. The van der Waals surface area contributed by atoms with Gasteiger partial charge < -0.3 is 19.5 Å². The van der Waals surface area contributed by atoms with E-state index in [1.807, 2.05) is 12.1 Å². The van der Waals surface area contributed by atoms with E-state index in [0.717, 1.165) is 38.2 Å². The molecule has 5 rings (SSSR count). The molecular formula is C22H23FN4O3. The van der Waals surface area contributed by atoms with Gasteiger partial charge in [-0.2, -0.15) is 0 Å². The number of hydrogen-bond acceptors (Lipinski definition) is 7.